The van der Waals surface area contributed by atoms with Crippen LogP contribution >= 0.6 is 11.3 Å². The molecule has 2 fully saturated rings. The first-order chi connectivity index (χ1) is 9.33. The zero-order valence-corrected chi connectivity index (χ0v) is 11.1. The van der Waals surface area contributed by atoms with E-state index in [4.69, 9.17) is 4.74 Å². The van der Waals surface area contributed by atoms with Crippen molar-refractivity contribution in [2.24, 2.45) is 0 Å². The molecule has 1 saturated carbocycles. The summed E-state index contributed by atoms with van der Waals surface area (Å²) < 4.78 is 6.98. The van der Waals surface area contributed by atoms with E-state index >= 15 is 0 Å². The second kappa shape index (κ2) is 4.24. The quantitative estimate of drug-likeness (QED) is 0.802. The number of fused-ring (bicyclic) bond motifs is 1. The molecule has 7 nitrogen and oxygen atoms in total. The van der Waals surface area contributed by atoms with Gasteiger partial charge in [0.1, 0.15) is 0 Å². The standard InChI is InChI=1S/C11H13N5O2S/c17-10(15-3-5-18-6-4-15)9-14-16-8(7-1-2-7)12-13-11(16)19-9/h7H,1-6H2. The van der Waals surface area contributed by atoms with Crippen LogP contribution in [0.15, 0.2) is 0 Å². The lowest BCUT2D eigenvalue weighted by molar-refractivity contribution is 0.0302. The molecule has 4 rings (SSSR count). The Bertz CT molecular complexity index is 626. The second-order valence-electron chi connectivity index (χ2n) is 4.84. The van der Waals surface area contributed by atoms with Gasteiger partial charge in [-0.1, -0.05) is 11.3 Å². The number of rotatable bonds is 2. The summed E-state index contributed by atoms with van der Waals surface area (Å²) in [6.45, 7) is 2.47. The zero-order valence-electron chi connectivity index (χ0n) is 10.3. The maximum absolute atomic E-state index is 12.3. The van der Waals surface area contributed by atoms with Gasteiger partial charge in [0.15, 0.2) is 5.82 Å². The smallest absolute Gasteiger partial charge is 0.285 e. The van der Waals surface area contributed by atoms with Crippen LogP contribution in [0.5, 0.6) is 0 Å². The molecule has 8 heteroatoms. The minimum absolute atomic E-state index is 0.0273. The number of amides is 1. The van der Waals surface area contributed by atoms with Crippen LogP contribution in [0.3, 0.4) is 0 Å². The average Bonchev–Trinajstić information content (AvgIpc) is 3.08. The van der Waals surface area contributed by atoms with Gasteiger partial charge in [0.2, 0.25) is 9.97 Å². The van der Waals surface area contributed by atoms with Crippen LogP contribution < -0.4 is 0 Å². The molecule has 0 unspecified atom stereocenters. The highest BCUT2D eigenvalue weighted by Gasteiger charge is 2.31. The number of morpholine rings is 1. The molecular weight excluding hydrogens is 266 g/mol. The molecule has 1 aliphatic heterocycles. The van der Waals surface area contributed by atoms with Gasteiger partial charge in [0.05, 0.1) is 13.2 Å². The zero-order chi connectivity index (χ0) is 12.8. The van der Waals surface area contributed by atoms with Crippen LogP contribution in [-0.2, 0) is 4.74 Å². The van der Waals surface area contributed by atoms with Gasteiger partial charge < -0.3 is 9.64 Å². The third kappa shape index (κ3) is 1.91. The van der Waals surface area contributed by atoms with Crippen molar-refractivity contribution in [3.8, 4) is 0 Å². The SMILES string of the molecule is O=C(c1nn2c(C3CC3)nnc2s1)N1CCOCC1. The van der Waals surface area contributed by atoms with Gasteiger partial charge in [0.25, 0.3) is 5.91 Å². The monoisotopic (exact) mass is 279 g/mol. The third-order valence-electron chi connectivity index (χ3n) is 3.44. The first kappa shape index (κ1) is 11.3. The number of aromatic nitrogens is 4. The summed E-state index contributed by atoms with van der Waals surface area (Å²) in [5.41, 5.74) is 0. The van der Waals surface area contributed by atoms with E-state index in [0.717, 1.165) is 18.7 Å². The third-order valence-corrected chi connectivity index (χ3v) is 4.33. The molecule has 0 spiro atoms. The Kier molecular flexibility index (Phi) is 2.52. The summed E-state index contributed by atoms with van der Waals surface area (Å²) in [6.07, 6.45) is 2.29. The van der Waals surface area contributed by atoms with Crippen molar-refractivity contribution in [2.45, 2.75) is 18.8 Å². The molecule has 100 valence electrons. The molecule has 2 aromatic heterocycles. The minimum atomic E-state index is -0.0273. The highest BCUT2D eigenvalue weighted by molar-refractivity contribution is 7.18. The molecule has 2 aromatic rings. The maximum atomic E-state index is 12.3. The largest absolute Gasteiger partial charge is 0.378 e. The Morgan fingerprint density at radius 2 is 2.05 bits per heavy atom. The van der Waals surface area contributed by atoms with Gasteiger partial charge >= 0.3 is 0 Å². The molecule has 1 saturated heterocycles. The van der Waals surface area contributed by atoms with Crippen LogP contribution in [0, 0.1) is 0 Å². The summed E-state index contributed by atoms with van der Waals surface area (Å²) in [6, 6.07) is 0. The topological polar surface area (TPSA) is 72.6 Å². The van der Waals surface area contributed by atoms with Crippen molar-refractivity contribution < 1.29 is 9.53 Å². The Morgan fingerprint density at radius 3 is 2.79 bits per heavy atom. The van der Waals surface area contributed by atoms with Crippen molar-refractivity contribution >= 4 is 22.2 Å². The maximum Gasteiger partial charge on any atom is 0.285 e. The Morgan fingerprint density at radius 1 is 1.26 bits per heavy atom. The molecule has 0 radical (unpaired) electrons. The fourth-order valence-corrected chi connectivity index (χ4v) is 3.03. The molecule has 19 heavy (non-hydrogen) atoms. The second-order valence-corrected chi connectivity index (χ2v) is 5.79. The van der Waals surface area contributed by atoms with Gasteiger partial charge in [-0.25, -0.2) is 0 Å². The molecule has 2 aliphatic rings. The first-order valence-corrected chi connectivity index (χ1v) is 7.24. The first-order valence-electron chi connectivity index (χ1n) is 6.42. The number of hydrogen-bond donors (Lipinski definition) is 0. The minimum Gasteiger partial charge on any atom is -0.378 e. The van der Waals surface area contributed by atoms with Gasteiger partial charge in [0, 0.05) is 19.0 Å². The molecule has 0 bridgehead atoms. The van der Waals surface area contributed by atoms with E-state index in [1.54, 1.807) is 9.42 Å². The number of hydrogen-bond acceptors (Lipinski definition) is 6. The lowest BCUT2D eigenvalue weighted by atomic mass is 10.4. The summed E-state index contributed by atoms with van der Waals surface area (Å²) in [4.78, 5) is 14.8. The highest BCUT2D eigenvalue weighted by Crippen LogP contribution is 2.39. The molecule has 0 atom stereocenters. The Labute approximate surface area is 113 Å². The van der Waals surface area contributed by atoms with E-state index in [0.29, 0.717) is 42.2 Å². The van der Waals surface area contributed by atoms with Gasteiger partial charge in [-0.3, -0.25) is 4.79 Å². The van der Waals surface area contributed by atoms with Crippen LogP contribution in [0.4, 0.5) is 0 Å². The van der Waals surface area contributed by atoms with E-state index in [9.17, 15) is 4.79 Å². The molecule has 0 aromatic carbocycles. The molecule has 3 heterocycles. The summed E-state index contributed by atoms with van der Waals surface area (Å²) in [5, 5.41) is 13.1. The average molecular weight is 279 g/mol. The number of carbonyl (C=O) groups excluding carboxylic acids is 1. The normalized spacial score (nSPS) is 20.1. The lowest BCUT2D eigenvalue weighted by Gasteiger charge is -2.25. The van der Waals surface area contributed by atoms with Gasteiger partial charge in [-0.05, 0) is 12.8 Å². The predicted molar refractivity (Wildman–Crippen MR) is 67.4 cm³/mol. The Balaban J connectivity index is 1.65. The van der Waals surface area contributed by atoms with E-state index in [1.165, 1.54) is 11.3 Å². The summed E-state index contributed by atoms with van der Waals surface area (Å²) in [5.74, 6) is 1.34. The number of nitrogens with zero attached hydrogens (tertiary/aromatic N) is 5. The molecule has 1 aliphatic carbocycles. The van der Waals surface area contributed by atoms with Crippen molar-refractivity contribution in [3.05, 3.63) is 10.8 Å². The van der Waals surface area contributed by atoms with Gasteiger partial charge in [-0.2, -0.15) is 4.52 Å². The summed E-state index contributed by atoms with van der Waals surface area (Å²) in [7, 11) is 0. The molecule has 1 amide bonds. The summed E-state index contributed by atoms with van der Waals surface area (Å²) >= 11 is 1.31. The Hall–Kier alpha value is -1.54. The van der Waals surface area contributed by atoms with Crippen molar-refractivity contribution in [1.29, 1.82) is 0 Å². The van der Waals surface area contributed by atoms with E-state index < -0.39 is 0 Å². The van der Waals surface area contributed by atoms with Crippen LogP contribution in [0.1, 0.15) is 34.4 Å². The van der Waals surface area contributed by atoms with Crippen molar-refractivity contribution in [3.63, 3.8) is 0 Å². The van der Waals surface area contributed by atoms with E-state index in [-0.39, 0.29) is 5.91 Å². The van der Waals surface area contributed by atoms with Crippen LogP contribution in [0.25, 0.3) is 4.96 Å². The predicted octanol–water partition coefficient (Wildman–Crippen LogP) is 0.536. The number of ether oxygens (including phenoxy) is 1. The van der Waals surface area contributed by atoms with Crippen LogP contribution in [0.2, 0.25) is 0 Å². The number of carbonyl (C=O) groups is 1. The van der Waals surface area contributed by atoms with Crippen LogP contribution in [-0.4, -0.2) is 56.9 Å². The van der Waals surface area contributed by atoms with E-state index in [1.807, 2.05) is 0 Å². The van der Waals surface area contributed by atoms with E-state index in [2.05, 4.69) is 15.3 Å². The molecular formula is C11H13N5O2S. The van der Waals surface area contributed by atoms with Gasteiger partial charge in [-0.15, -0.1) is 15.3 Å². The fraction of sp³-hybridized carbons (Fsp3) is 0.636. The van der Waals surface area contributed by atoms with Crippen molar-refractivity contribution in [1.82, 2.24) is 24.7 Å². The molecule has 0 N–H and O–H groups in total. The lowest BCUT2D eigenvalue weighted by Crippen LogP contribution is -2.40. The fourth-order valence-electron chi connectivity index (χ4n) is 2.22. The highest BCUT2D eigenvalue weighted by atomic mass is 32.1. The van der Waals surface area contributed by atoms with Crippen molar-refractivity contribution in [2.75, 3.05) is 26.3 Å².